The Kier molecular flexibility index (Phi) is 6.42. The molecule has 0 aliphatic carbocycles. The lowest BCUT2D eigenvalue weighted by Crippen LogP contribution is -2.51. The zero-order valence-corrected chi connectivity index (χ0v) is 21.1. The van der Waals surface area contributed by atoms with Crippen LogP contribution in [0.1, 0.15) is 22.5 Å². The number of nitrogens with one attached hydrogen (secondary N) is 1. The molecule has 1 unspecified atom stereocenters. The minimum absolute atomic E-state index is 0.238. The van der Waals surface area contributed by atoms with Gasteiger partial charge in [0.25, 0.3) is 5.91 Å². The van der Waals surface area contributed by atoms with Crippen molar-refractivity contribution >= 4 is 66.4 Å². The normalized spacial score (nSPS) is 16.9. The summed E-state index contributed by atoms with van der Waals surface area (Å²) in [6.45, 7) is 5.52. The SMILES string of the molecule is CC1CN(c2c(Cl)cccc2NC(=O)c2ccc(Br)o2)CCN1Cc1nc2ccccc2s1. The molecule has 0 bridgehead atoms. The summed E-state index contributed by atoms with van der Waals surface area (Å²) in [5, 5.41) is 4.70. The molecule has 1 amide bonds. The topological polar surface area (TPSA) is 61.6 Å². The van der Waals surface area contributed by atoms with E-state index < -0.39 is 0 Å². The Morgan fingerprint density at radius 3 is 2.82 bits per heavy atom. The number of amides is 1. The summed E-state index contributed by atoms with van der Waals surface area (Å²) < 4.78 is 7.12. The number of nitrogens with zero attached hydrogens (tertiary/aromatic N) is 3. The van der Waals surface area contributed by atoms with E-state index in [1.807, 2.05) is 24.3 Å². The number of thiazole rings is 1. The van der Waals surface area contributed by atoms with Crippen LogP contribution >= 0.6 is 38.9 Å². The van der Waals surface area contributed by atoms with Gasteiger partial charge in [-0.25, -0.2) is 4.98 Å². The van der Waals surface area contributed by atoms with E-state index in [0.29, 0.717) is 21.4 Å². The molecule has 3 heterocycles. The van der Waals surface area contributed by atoms with Crippen molar-refractivity contribution in [3.8, 4) is 0 Å². The lowest BCUT2D eigenvalue weighted by Gasteiger charge is -2.41. The number of aromatic nitrogens is 1. The average molecular weight is 546 g/mol. The summed E-state index contributed by atoms with van der Waals surface area (Å²) in [5.74, 6) is -0.0754. The number of hydrogen-bond donors (Lipinski definition) is 1. The molecule has 9 heteroatoms. The van der Waals surface area contributed by atoms with E-state index >= 15 is 0 Å². The first kappa shape index (κ1) is 22.4. The number of carbonyl (C=O) groups is 1. The van der Waals surface area contributed by atoms with Gasteiger partial charge in [0.1, 0.15) is 5.01 Å². The van der Waals surface area contributed by atoms with Crippen LogP contribution in [0, 0.1) is 0 Å². The molecule has 1 aliphatic heterocycles. The molecule has 1 N–H and O–H groups in total. The number of rotatable bonds is 5. The standard InChI is InChI=1S/C24H22BrClN4O2S/c1-15-13-30(12-11-29(15)14-22-27-17-6-2-3-8-20(17)33-22)23-16(26)5-4-7-18(23)28-24(31)19-9-10-21(25)32-19/h2-10,15H,11-14H2,1H3,(H,28,31). The van der Waals surface area contributed by atoms with Gasteiger partial charge in [0.05, 0.1) is 33.2 Å². The van der Waals surface area contributed by atoms with E-state index in [0.717, 1.165) is 42.4 Å². The molecule has 0 saturated carbocycles. The van der Waals surface area contributed by atoms with Gasteiger partial charge < -0.3 is 14.6 Å². The van der Waals surface area contributed by atoms with E-state index in [1.54, 1.807) is 23.5 Å². The quantitative estimate of drug-likeness (QED) is 0.320. The highest BCUT2D eigenvalue weighted by molar-refractivity contribution is 9.10. The lowest BCUT2D eigenvalue weighted by atomic mass is 10.1. The minimum Gasteiger partial charge on any atom is -0.444 e. The van der Waals surface area contributed by atoms with Crippen molar-refractivity contribution in [3.05, 3.63) is 75.1 Å². The molecular weight excluding hydrogens is 524 g/mol. The molecule has 2 aromatic carbocycles. The summed E-state index contributed by atoms with van der Waals surface area (Å²) in [6.07, 6.45) is 0. The molecule has 2 aromatic heterocycles. The number of para-hydroxylation sites is 2. The molecule has 33 heavy (non-hydrogen) atoms. The van der Waals surface area contributed by atoms with Crippen LogP contribution in [-0.4, -0.2) is 41.5 Å². The Hall–Kier alpha value is -2.39. The van der Waals surface area contributed by atoms with Crippen molar-refractivity contribution in [2.75, 3.05) is 29.9 Å². The number of benzene rings is 2. The molecule has 0 radical (unpaired) electrons. The molecular formula is C24H22BrClN4O2S. The predicted octanol–water partition coefficient (Wildman–Crippen LogP) is 6.27. The van der Waals surface area contributed by atoms with Crippen LogP contribution in [0.15, 0.2) is 63.7 Å². The Labute approximate surface area is 209 Å². The second-order valence-electron chi connectivity index (χ2n) is 8.03. The van der Waals surface area contributed by atoms with Gasteiger partial charge in [-0.05, 0) is 59.3 Å². The zero-order valence-electron chi connectivity index (χ0n) is 17.9. The number of carbonyl (C=O) groups excluding carboxylic acids is 1. The maximum atomic E-state index is 12.7. The summed E-state index contributed by atoms with van der Waals surface area (Å²) in [5.41, 5.74) is 2.57. The van der Waals surface area contributed by atoms with Crippen LogP contribution in [0.5, 0.6) is 0 Å². The van der Waals surface area contributed by atoms with Crippen molar-refractivity contribution < 1.29 is 9.21 Å². The van der Waals surface area contributed by atoms with Gasteiger partial charge in [0.15, 0.2) is 10.4 Å². The maximum Gasteiger partial charge on any atom is 0.291 e. The number of anilines is 2. The fourth-order valence-electron chi connectivity index (χ4n) is 4.15. The Morgan fingerprint density at radius 1 is 1.21 bits per heavy atom. The van der Waals surface area contributed by atoms with Gasteiger partial charge in [0.2, 0.25) is 0 Å². The molecule has 0 spiro atoms. The highest BCUT2D eigenvalue weighted by Crippen LogP contribution is 2.36. The van der Waals surface area contributed by atoms with Crippen molar-refractivity contribution in [1.82, 2.24) is 9.88 Å². The molecule has 1 saturated heterocycles. The largest absolute Gasteiger partial charge is 0.444 e. The third-order valence-corrected chi connectivity index (χ3v) is 7.54. The zero-order chi connectivity index (χ0) is 22.9. The first-order valence-corrected chi connectivity index (χ1v) is 12.7. The monoisotopic (exact) mass is 544 g/mol. The Morgan fingerprint density at radius 2 is 2.06 bits per heavy atom. The predicted molar refractivity (Wildman–Crippen MR) is 138 cm³/mol. The van der Waals surface area contributed by atoms with Crippen molar-refractivity contribution in [2.45, 2.75) is 19.5 Å². The van der Waals surface area contributed by atoms with Crippen LogP contribution in [0.4, 0.5) is 11.4 Å². The van der Waals surface area contributed by atoms with Crippen LogP contribution in [0.2, 0.25) is 5.02 Å². The Balaban J connectivity index is 1.31. The van der Waals surface area contributed by atoms with Crippen LogP contribution < -0.4 is 10.2 Å². The van der Waals surface area contributed by atoms with E-state index in [2.05, 4.69) is 56.2 Å². The van der Waals surface area contributed by atoms with Gasteiger partial charge >= 0.3 is 0 Å². The van der Waals surface area contributed by atoms with E-state index in [9.17, 15) is 4.79 Å². The number of furan rings is 1. The van der Waals surface area contributed by atoms with Gasteiger partial charge in [-0.2, -0.15) is 0 Å². The summed E-state index contributed by atoms with van der Waals surface area (Å²) in [4.78, 5) is 22.2. The molecule has 5 rings (SSSR count). The maximum absolute atomic E-state index is 12.7. The molecule has 4 aromatic rings. The summed E-state index contributed by atoms with van der Waals surface area (Å²) >= 11 is 11.6. The highest BCUT2D eigenvalue weighted by atomic mass is 79.9. The number of hydrogen-bond acceptors (Lipinski definition) is 6. The molecule has 1 fully saturated rings. The smallest absolute Gasteiger partial charge is 0.291 e. The molecule has 170 valence electrons. The van der Waals surface area contributed by atoms with E-state index in [4.69, 9.17) is 21.0 Å². The molecule has 1 aliphatic rings. The van der Waals surface area contributed by atoms with Crippen LogP contribution in [0.25, 0.3) is 10.2 Å². The average Bonchev–Trinajstić information content (AvgIpc) is 3.41. The van der Waals surface area contributed by atoms with Crippen LogP contribution in [-0.2, 0) is 6.54 Å². The van der Waals surface area contributed by atoms with E-state index in [1.165, 1.54) is 4.70 Å². The summed E-state index contributed by atoms with van der Waals surface area (Å²) in [7, 11) is 0. The molecule has 6 nitrogen and oxygen atoms in total. The Bertz CT molecular complexity index is 1270. The van der Waals surface area contributed by atoms with Crippen LogP contribution in [0.3, 0.4) is 0 Å². The van der Waals surface area contributed by atoms with Crippen molar-refractivity contribution in [3.63, 3.8) is 0 Å². The molecule has 1 atom stereocenters. The van der Waals surface area contributed by atoms with Gasteiger partial charge in [-0.15, -0.1) is 11.3 Å². The van der Waals surface area contributed by atoms with Crippen molar-refractivity contribution in [2.24, 2.45) is 0 Å². The van der Waals surface area contributed by atoms with E-state index in [-0.39, 0.29) is 11.7 Å². The lowest BCUT2D eigenvalue weighted by molar-refractivity contribution is 0.0995. The van der Waals surface area contributed by atoms with Gasteiger partial charge in [-0.1, -0.05) is 29.8 Å². The second kappa shape index (κ2) is 9.46. The highest BCUT2D eigenvalue weighted by Gasteiger charge is 2.28. The fourth-order valence-corrected chi connectivity index (χ4v) is 5.75. The fraction of sp³-hybridized carbons (Fsp3) is 0.250. The second-order valence-corrected chi connectivity index (χ2v) is 10.3. The van der Waals surface area contributed by atoms with Gasteiger partial charge in [-0.3, -0.25) is 9.69 Å². The first-order chi connectivity index (χ1) is 16.0. The third kappa shape index (κ3) is 4.80. The third-order valence-electron chi connectivity index (χ3n) is 5.79. The van der Waals surface area contributed by atoms with Gasteiger partial charge in [0, 0.05) is 25.7 Å². The number of piperazine rings is 1. The summed E-state index contributed by atoms with van der Waals surface area (Å²) in [6, 6.07) is 17.4. The number of halogens is 2. The number of fused-ring (bicyclic) bond motifs is 1. The minimum atomic E-state index is -0.313. The van der Waals surface area contributed by atoms with Crippen molar-refractivity contribution in [1.29, 1.82) is 0 Å². The first-order valence-electron chi connectivity index (χ1n) is 10.7.